The van der Waals surface area contributed by atoms with Crippen molar-refractivity contribution in [3.63, 3.8) is 0 Å². The molecule has 2 unspecified atom stereocenters. The minimum atomic E-state index is 0.140. The number of hydrogen-bond donors (Lipinski definition) is 2. The Labute approximate surface area is 169 Å². The van der Waals surface area contributed by atoms with Gasteiger partial charge in [0, 0.05) is 20.1 Å². The average molecular weight is 386 g/mol. The third-order valence-electron chi connectivity index (χ3n) is 5.08. The van der Waals surface area contributed by atoms with E-state index in [1.54, 1.807) is 6.26 Å². The van der Waals surface area contributed by atoms with E-state index in [9.17, 15) is 0 Å². The van der Waals surface area contributed by atoms with E-state index in [0.29, 0.717) is 12.6 Å². The Balaban J connectivity index is 2.00. The second-order valence-electron chi connectivity index (χ2n) is 6.98. The highest BCUT2D eigenvalue weighted by atomic mass is 16.3. The third kappa shape index (κ3) is 6.11. The van der Waals surface area contributed by atoms with Crippen molar-refractivity contribution in [3.05, 3.63) is 60.1 Å². The van der Waals surface area contributed by atoms with Crippen LogP contribution in [0.5, 0.6) is 0 Å². The van der Waals surface area contributed by atoms with Crippen LogP contribution in [0.3, 0.4) is 0 Å². The molecule has 0 saturated heterocycles. The van der Waals surface area contributed by atoms with Crippen LogP contribution in [0, 0.1) is 0 Å². The summed E-state index contributed by atoms with van der Waals surface area (Å²) in [6.45, 7) is 7.92. The fourth-order valence-corrected chi connectivity index (χ4v) is 3.42. The van der Waals surface area contributed by atoms with Crippen LogP contribution in [0.1, 0.15) is 37.3 Å². The van der Waals surface area contributed by atoms with E-state index < -0.39 is 0 Å². The van der Waals surface area contributed by atoms with Crippen molar-refractivity contribution in [2.24, 2.45) is 4.99 Å². The molecule has 0 aliphatic heterocycles. The predicted octanol–water partition coefficient (Wildman–Crippen LogP) is 3.13. The zero-order valence-electron chi connectivity index (χ0n) is 17.9. The fraction of sp³-hybridized carbons (Fsp3) is 0.500. The minimum Gasteiger partial charge on any atom is -0.468 e. The van der Waals surface area contributed by atoms with Crippen molar-refractivity contribution in [1.82, 2.24) is 20.4 Å². The minimum absolute atomic E-state index is 0.140. The molecule has 1 aromatic heterocycles. The van der Waals surface area contributed by atoms with Crippen LogP contribution in [0.4, 0.5) is 0 Å². The number of nitrogens with zero attached hydrogens (tertiary/aromatic N) is 3. The van der Waals surface area contributed by atoms with Crippen molar-refractivity contribution in [2.75, 3.05) is 47.3 Å². The first-order valence-electron chi connectivity index (χ1n) is 10.0. The highest BCUT2D eigenvalue weighted by Crippen LogP contribution is 2.20. The number of rotatable bonds is 10. The van der Waals surface area contributed by atoms with E-state index >= 15 is 0 Å². The number of likely N-dealkylation sites (N-methyl/N-ethyl adjacent to an activating group) is 2. The van der Waals surface area contributed by atoms with Crippen LogP contribution in [0.15, 0.2) is 58.1 Å². The standard InChI is InChI=1S/C22H35N5O/c1-6-27(7-2)19(18-12-9-8-10-13-18)16-24-22(23-3)25-17-20(26(4)5)21-14-11-15-28-21/h8-15,19-20H,6-7,16-17H2,1-5H3,(H2,23,24,25). The second kappa shape index (κ2) is 11.5. The Morgan fingerprint density at radius 1 is 0.964 bits per heavy atom. The highest BCUT2D eigenvalue weighted by molar-refractivity contribution is 5.79. The van der Waals surface area contributed by atoms with Gasteiger partial charge >= 0.3 is 0 Å². The number of benzene rings is 1. The molecule has 2 rings (SSSR count). The van der Waals surface area contributed by atoms with Crippen LogP contribution >= 0.6 is 0 Å². The van der Waals surface area contributed by atoms with Crippen molar-refractivity contribution < 1.29 is 4.42 Å². The first-order valence-corrected chi connectivity index (χ1v) is 10.0. The summed E-state index contributed by atoms with van der Waals surface area (Å²) in [5.41, 5.74) is 1.32. The molecule has 6 heteroatoms. The third-order valence-corrected chi connectivity index (χ3v) is 5.08. The summed E-state index contributed by atoms with van der Waals surface area (Å²) in [7, 11) is 5.91. The lowest BCUT2D eigenvalue weighted by atomic mass is 10.1. The molecule has 0 fully saturated rings. The maximum atomic E-state index is 5.59. The van der Waals surface area contributed by atoms with Gasteiger partial charge in [0.2, 0.25) is 0 Å². The van der Waals surface area contributed by atoms with E-state index in [1.807, 2.05) is 19.2 Å². The van der Waals surface area contributed by atoms with Gasteiger partial charge in [-0.2, -0.15) is 0 Å². The van der Waals surface area contributed by atoms with E-state index in [1.165, 1.54) is 5.56 Å². The van der Waals surface area contributed by atoms with Gasteiger partial charge in [-0.05, 0) is 44.9 Å². The molecular formula is C22H35N5O. The molecular weight excluding hydrogens is 350 g/mol. The smallest absolute Gasteiger partial charge is 0.191 e. The van der Waals surface area contributed by atoms with E-state index in [2.05, 4.69) is 83.7 Å². The van der Waals surface area contributed by atoms with Crippen molar-refractivity contribution in [2.45, 2.75) is 25.9 Å². The number of nitrogens with one attached hydrogen (secondary N) is 2. The lowest BCUT2D eigenvalue weighted by molar-refractivity contribution is 0.218. The largest absolute Gasteiger partial charge is 0.468 e. The van der Waals surface area contributed by atoms with Crippen LogP contribution < -0.4 is 10.6 Å². The van der Waals surface area contributed by atoms with E-state index in [0.717, 1.165) is 31.4 Å². The molecule has 2 aromatic rings. The Morgan fingerprint density at radius 3 is 2.11 bits per heavy atom. The average Bonchev–Trinajstić information content (AvgIpc) is 3.24. The van der Waals surface area contributed by atoms with E-state index in [4.69, 9.17) is 4.42 Å². The van der Waals surface area contributed by atoms with Crippen molar-refractivity contribution >= 4 is 5.96 Å². The zero-order chi connectivity index (χ0) is 20.4. The van der Waals surface area contributed by atoms with Crippen LogP contribution in [-0.4, -0.2) is 63.1 Å². The van der Waals surface area contributed by atoms with Crippen LogP contribution in [-0.2, 0) is 0 Å². The first kappa shape index (κ1) is 22.0. The molecule has 2 atom stereocenters. The van der Waals surface area contributed by atoms with Gasteiger partial charge in [-0.3, -0.25) is 14.8 Å². The Hall–Kier alpha value is -2.31. The summed E-state index contributed by atoms with van der Waals surface area (Å²) in [5, 5.41) is 6.94. The van der Waals surface area contributed by atoms with Gasteiger partial charge in [-0.1, -0.05) is 44.2 Å². The maximum absolute atomic E-state index is 5.59. The fourth-order valence-electron chi connectivity index (χ4n) is 3.42. The lowest BCUT2D eigenvalue weighted by Crippen LogP contribution is -2.45. The van der Waals surface area contributed by atoms with Crippen LogP contribution in [0.25, 0.3) is 0 Å². The van der Waals surface area contributed by atoms with Crippen molar-refractivity contribution in [3.8, 4) is 0 Å². The molecule has 154 valence electrons. The summed E-state index contributed by atoms with van der Waals surface area (Å²) < 4.78 is 5.59. The maximum Gasteiger partial charge on any atom is 0.191 e. The molecule has 28 heavy (non-hydrogen) atoms. The topological polar surface area (TPSA) is 56.0 Å². The second-order valence-corrected chi connectivity index (χ2v) is 6.98. The molecule has 1 heterocycles. The molecule has 2 N–H and O–H groups in total. The molecule has 1 aromatic carbocycles. The lowest BCUT2D eigenvalue weighted by Gasteiger charge is -2.31. The van der Waals surface area contributed by atoms with Gasteiger partial charge in [-0.15, -0.1) is 0 Å². The monoisotopic (exact) mass is 385 g/mol. The summed E-state index contributed by atoms with van der Waals surface area (Å²) in [6.07, 6.45) is 1.72. The number of aliphatic imine (C=N–C) groups is 1. The normalized spacial score (nSPS) is 14.3. The Bertz CT molecular complexity index is 680. The van der Waals surface area contributed by atoms with Gasteiger partial charge in [0.1, 0.15) is 5.76 Å². The van der Waals surface area contributed by atoms with Crippen LogP contribution in [0.2, 0.25) is 0 Å². The first-order chi connectivity index (χ1) is 13.6. The Kier molecular flexibility index (Phi) is 9.04. The van der Waals surface area contributed by atoms with Gasteiger partial charge in [0.15, 0.2) is 5.96 Å². The summed E-state index contributed by atoms with van der Waals surface area (Å²) in [5.74, 6) is 1.74. The molecule has 0 amide bonds. The zero-order valence-corrected chi connectivity index (χ0v) is 17.9. The molecule has 6 nitrogen and oxygen atoms in total. The van der Waals surface area contributed by atoms with Crippen molar-refractivity contribution in [1.29, 1.82) is 0 Å². The molecule has 0 saturated carbocycles. The number of guanidine groups is 1. The Morgan fingerprint density at radius 2 is 1.61 bits per heavy atom. The van der Waals surface area contributed by atoms with Gasteiger partial charge in [0.25, 0.3) is 0 Å². The summed E-state index contributed by atoms with van der Waals surface area (Å²) >= 11 is 0. The van der Waals surface area contributed by atoms with Gasteiger partial charge < -0.3 is 15.1 Å². The summed E-state index contributed by atoms with van der Waals surface area (Å²) in [6, 6.07) is 15.0. The number of furan rings is 1. The van der Waals surface area contributed by atoms with Gasteiger partial charge in [0.05, 0.1) is 18.3 Å². The predicted molar refractivity (Wildman–Crippen MR) is 117 cm³/mol. The molecule has 0 spiro atoms. The number of hydrogen-bond acceptors (Lipinski definition) is 4. The molecule has 0 aliphatic carbocycles. The molecule has 0 bridgehead atoms. The van der Waals surface area contributed by atoms with E-state index in [-0.39, 0.29) is 6.04 Å². The van der Waals surface area contributed by atoms with Gasteiger partial charge in [-0.25, -0.2) is 0 Å². The SMILES string of the molecule is CCN(CC)C(CNC(=NC)NCC(c1ccco1)N(C)C)c1ccccc1. The summed E-state index contributed by atoms with van der Waals surface area (Å²) in [4.78, 5) is 9.00. The molecule has 0 radical (unpaired) electrons. The highest BCUT2D eigenvalue weighted by Gasteiger charge is 2.20. The quantitative estimate of drug-likeness (QED) is 0.486. The molecule has 0 aliphatic rings.